The molecule has 1 aromatic heterocycles. The van der Waals surface area contributed by atoms with Gasteiger partial charge >= 0.3 is 5.97 Å². The molecule has 4 rings (SSSR count). The Labute approximate surface area is 221 Å². The predicted molar refractivity (Wildman–Crippen MR) is 146 cm³/mol. The highest BCUT2D eigenvalue weighted by molar-refractivity contribution is 14.1. The minimum atomic E-state index is -1.08. The summed E-state index contributed by atoms with van der Waals surface area (Å²) in [6, 6.07) is 22.3. The molecule has 1 amide bonds. The van der Waals surface area contributed by atoms with Crippen LogP contribution in [0.25, 0.3) is 22.2 Å². The number of fused-ring (bicyclic) bond motifs is 1. The number of benzene rings is 3. The lowest BCUT2D eigenvalue weighted by molar-refractivity contribution is -0.139. The van der Waals surface area contributed by atoms with Gasteiger partial charge in [-0.05, 0) is 59.3 Å². The average Bonchev–Trinajstić information content (AvgIpc) is 2.88. The van der Waals surface area contributed by atoms with Crippen molar-refractivity contribution in [2.24, 2.45) is 5.10 Å². The molecule has 0 unspecified atom stereocenters. The minimum Gasteiger partial charge on any atom is -0.490 e. The number of hydrogen-bond donors (Lipinski definition) is 2. The van der Waals surface area contributed by atoms with E-state index in [0.29, 0.717) is 44.0 Å². The van der Waals surface area contributed by atoms with E-state index in [0.717, 1.165) is 10.9 Å². The van der Waals surface area contributed by atoms with Crippen LogP contribution in [0.3, 0.4) is 0 Å². The number of hydrazone groups is 1. The number of aliphatic carboxylic acids is 1. The van der Waals surface area contributed by atoms with Crippen LogP contribution >= 0.6 is 22.6 Å². The molecule has 0 atom stereocenters. The van der Waals surface area contributed by atoms with Gasteiger partial charge in [0.25, 0.3) is 5.91 Å². The molecule has 2 N–H and O–H groups in total. The second-order valence-corrected chi connectivity index (χ2v) is 8.74. The number of nitrogens with zero attached hydrogens (tertiary/aromatic N) is 2. The Morgan fingerprint density at radius 2 is 1.81 bits per heavy atom. The van der Waals surface area contributed by atoms with Crippen LogP contribution in [0.5, 0.6) is 11.5 Å². The van der Waals surface area contributed by atoms with Gasteiger partial charge in [-0.25, -0.2) is 15.2 Å². The Balaban J connectivity index is 1.59. The molecule has 8 nitrogen and oxygen atoms in total. The molecule has 0 spiro atoms. The summed E-state index contributed by atoms with van der Waals surface area (Å²) >= 11 is 2.04. The van der Waals surface area contributed by atoms with Gasteiger partial charge in [0, 0.05) is 10.9 Å². The number of hydrogen-bond acceptors (Lipinski definition) is 6. The molecule has 0 radical (unpaired) electrons. The number of carbonyl (C=O) groups excluding carboxylic acids is 1. The smallest absolute Gasteiger partial charge is 0.341 e. The van der Waals surface area contributed by atoms with Crippen LogP contribution in [0, 0.1) is 3.57 Å². The summed E-state index contributed by atoms with van der Waals surface area (Å²) in [4.78, 5) is 28.7. The summed E-state index contributed by atoms with van der Waals surface area (Å²) in [5, 5.41) is 13.8. The number of nitrogens with one attached hydrogen (secondary N) is 1. The zero-order chi connectivity index (χ0) is 25.5. The Bertz CT molecular complexity index is 1440. The topological polar surface area (TPSA) is 110 Å². The average molecular weight is 595 g/mol. The number of halogens is 1. The molecule has 0 bridgehead atoms. The molecule has 3 aromatic carbocycles. The molecule has 0 aliphatic rings. The van der Waals surface area contributed by atoms with Crippen molar-refractivity contribution in [3.63, 3.8) is 0 Å². The molecule has 182 valence electrons. The van der Waals surface area contributed by atoms with Crippen molar-refractivity contribution in [2.75, 3.05) is 13.2 Å². The lowest BCUT2D eigenvalue weighted by Gasteiger charge is -2.13. The lowest BCUT2D eigenvalue weighted by Crippen LogP contribution is -2.18. The number of ether oxygens (including phenoxy) is 2. The Kier molecular flexibility index (Phi) is 8.11. The number of aromatic nitrogens is 1. The Morgan fingerprint density at radius 1 is 1.06 bits per heavy atom. The van der Waals surface area contributed by atoms with Crippen LogP contribution in [-0.2, 0) is 4.79 Å². The van der Waals surface area contributed by atoms with Crippen LogP contribution in [-0.4, -0.2) is 41.4 Å². The summed E-state index contributed by atoms with van der Waals surface area (Å²) in [6.45, 7) is 1.71. The molecule has 9 heteroatoms. The fourth-order valence-corrected chi connectivity index (χ4v) is 4.33. The van der Waals surface area contributed by atoms with Gasteiger partial charge in [0.05, 0.1) is 33.2 Å². The molecule has 0 saturated heterocycles. The van der Waals surface area contributed by atoms with Crippen molar-refractivity contribution in [3.05, 3.63) is 87.5 Å². The first-order valence-electron chi connectivity index (χ1n) is 11.1. The van der Waals surface area contributed by atoms with Crippen LogP contribution in [0.2, 0.25) is 0 Å². The Hall–Kier alpha value is -3.99. The van der Waals surface area contributed by atoms with Gasteiger partial charge < -0.3 is 14.6 Å². The first-order valence-corrected chi connectivity index (χ1v) is 12.1. The van der Waals surface area contributed by atoms with E-state index in [1.807, 2.05) is 84.1 Å². The summed E-state index contributed by atoms with van der Waals surface area (Å²) in [6.07, 6.45) is 1.49. The number of carbonyl (C=O) groups is 2. The van der Waals surface area contributed by atoms with Crippen molar-refractivity contribution in [1.82, 2.24) is 10.4 Å². The van der Waals surface area contributed by atoms with Gasteiger partial charge in [-0.3, -0.25) is 4.79 Å². The number of pyridine rings is 1. The minimum absolute atomic E-state index is 0.345. The van der Waals surface area contributed by atoms with Gasteiger partial charge in [-0.1, -0.05) is 48.5 Å². The fraction of sp³-hybridized carbons (Fsp3) is 0.111. The quantitative estimate of drug-likeness (QED) is 0.158. The van der Waals surface area contributed by atoms with E-state index in [-0.39, 0.29) is 5.91 Å². The zero-order valence-corrected chi connectivity index (χ0v) is 21.4. The summed E-state index contributed by atoms with van der Waals surface area (Å²) < 4.78 is 11.6. The van der Waals surface area contributed by atoms with Crippen LogP contribution < -0.4 is 14.9 Å². The SMILES string of the molecule is CCOc1cc(/C=N/NC(=O)c2cc(-c3ccccc3)nc3ccccc23)cc(I)c1OCC(=O)O. The molecule has 0 aliphatic carbocycles. The fourth-order valence-electron chi connectivity index (χ4n) is 3.55. The first kappa shape index (κ1) is 25.1. The molecule has 0 fully saturated rings. The third-order valence-electron chi connectivity index (χ3n) is 5.08. The molecule has 0 aliphatic heterocycles. The number of rotatable bonds is 9. The van der Waals surface area contributed by atoms with Gasteiger partial charge in [-0.15, -0.1) is 0 Å². The van der Waals surface area contributed by atoms with Gasteiger partial charge in [-0.2, -0.15) is 5.10 Å². The van der Waals surface area contributed by atoms with E-state index in [2.05, 4.69) is 10.5 Å². The highest BCUT2D eigenvalue weighted by Crippen LogP contribution is 2.34. The second kappa shape index (κ2) is 11.6. The second-order valence-electron chi connectivity index (χ2n) is 7.58. The summed E-state index contributed by atoms with van der Waals surface area (Å²) in [7, 11) is 0. The molecule has 36 heavy (non-hydrogen) atoms. The monoisotopic (exact) mass is 595 g/mol. The standard InChI is InChI=1S/C27H22IN3O5/c1-2-35-24-13-17(12-21(28)26(24)36-16-25(32)33)15-29-31-27(34)20-14-23(18-8-4-3-5-9-18)30-22-11-7-6-10-19(20)22/h3-15H,2,16H2,1H3,(H,31,34)(H,32,33)/b29-15+. The zero-order valence-electron chi connectivity index (χ0n) is 19.3. The van der Waals surface area contributed by atoms with Crippen LogP contribution in [0.4, 0.5) is 0 Å². The molecule has 0 saturated carbocycles. The van der Waals surface area contributed by atoms with E-state index in [4.69, 9.17) is 19.6 Å². The van der Waals surface area contributed by atoms with E-state index in [1.165, 1.54) is 6.21 Å². The number of carboxylic acid groups (broad SMARTS) is 1. The summed E-state index contributed by atoms with van der Waals surface area (Å²) in [5.41, 5.74) is 6.01. The Morgan fingerprint density at radius 3 is 2.56 bits per heavy atom. The third-order valence-corrected chi connectivity index (χ3v) is 5.88. The van der Waals surface area contributed by atoms with Crippen molar-refractivity contribution < 1.29 is 24.2 Å². The first-order chi connectivity index (χ1) is 17.5. The number of carboxylic acids is 1. The highest BCUT2D eigenvalue weighted by atomic mass is 127. The summed E-state index contributed by atoms with van der Waals surface area (Å²) in [5.74, 6) is -0.715. The maximum atomic E-state index is 13.1. The number of para-hydroxylation sites is 1. The van der Waals surface area contributed by atoms with Crippen molar-refractivity contribution in [1.29, 1.82) is 0 Å². The van der Waals surface area contributed by atoms with Crippen molar-refractivity contribution >= 4 is 51.6 Å². The van der Waals surface area contributed by atoms with E-state index in [9.17, 15) is 9.59 Å². The van der Waals surface area contributed by atoms with Crippen molar-refractivity contribution in [3.8, 4) is 22.8 Å². The van der Waals surface area contributed by atoms with E-state index < -0.39 is 12.6 Å². The molecule has 1 heterocycles. The predicted octanol–water partition coefficient (Wildman–Crippen LogP) is 5.13. The molecular formula is C27H22IN3O5. The van der Waals surface area contributed by atoms with E-state index in [1.54, 1.807) is 18.2 Å². The third kappa shape index (κ3) is 5.98. The maximum absolute atomic E-state index is 13.1. The number of amides is 1. The normalized spacial score (nSPS) is 10.9. The van der Waals surface area contributed by atoms with Gasteiger partial charge in [0.15, 0.2) is 18.1 Å². The van der Waals surface area contributed by atoms with Gasteiger partial charge in [0.1, 0.15) is 0 Å². The molecule has 4 aromatic rings. The van der Waals surface area contributed by atoms with Gasteiger partial charge in [0.2, 0.25) is 0 Å². The van der Waals surface area contributed by atoms with Crippen LogP contribution in [0.1, 0.15) is 22.8 Å². The molecular weight excluding hydrogens is 573 g/mol. The lowest BCUT2D eigenvalue weighted by atomic mass is 10.0. The maximum Gasteiger partial charge on any atom is 0.341 e. The van der Waals surface area contributed by atoms with Crippen LogP contribution in [0.15, 0.2) is 77.9 Å². The highest BCUT2D eigenvalue weighted by Gasteiger charge is 2.15. The largest absolute Gasteiger partial charge is 0.490 e. The van der Waals surface area contributed by atoms with Crippen molar-refractivity contribution in [2.45, 2.75) is 6.92 Å². The van der Waals surface area contributed by atoms with E-state index >= 15 is 0 Å².